The Balaban J connectivity index is 1.82. The second-order valence-corrected chi connectivity index (χ2v) is 6.80. The smallest absolute Gasteiger partial charge is 0.127 e. The van der Waals surface area contributed by atoms with Crippen molar-refractivity contribution in [1.82, 2.24) is 9.80 Å². The average molecular weight is 266 g/mol. The lowest BCUT2D eigenvalue weighted by molar-refractivity contribution is -0.116. The molecule has 0 aromatic rings. The molecule has 0 N–H and O–H groups in total. The molecule has 0 saturated carbocycles. The van der Waals surface area contributed by atoms with E-state index in [1.165, 1.54) is 58.1 Å². The highest BCUT2D eigenvalue weighted by Crippen LogP contribution is 2.26. The summed E-state index contributed by atoms with van der Waals surface area (Å²) in [6.45, 7) is 10.2. The monoisotopic (exact) mass is 266 g/mol. The average Bonchev–Trinajstić information content (AvgIpc) is 2.88. The Labute approximate surface area is 118 Å². The minimum atomic E-state index is -0.133. The van der Waals surface area contributed by atoms with Gasteiger partial charge in [-0.05, 0) is 45.3 Å². The minimum Gasteiger partial charge on any atom is -0.303 e. The number of hydrogen-bond acceptors (Lipinski definition) is 3. The Morgan fingerprint density at radius 2 is 1.95 bits per heavy atom. The highest BCUT2D eigenvalue weighted by atomic mass is 16.1. The van der Waals surface area contributed by atoms with Gasteiger partial charge in [0, 0.05) is 24.5 Å². The fraction of sp³-hybridized carbons (Fsp3) is 0.938. The van der Waals surface area contributed by atoms with E-state index in [4.69, 9.17) is 0 Å². The normalized spacial score (nSPS) is 29.3. The molecule has 2 atom stereocenters. The van der Waals surface area contributed by atoms with Crippen molar-refractivity contribution in [1.29, 1.82) is 0 Å². The van der Waals surface area contributed by atoms with Crippen LogP contribution >= 0.6 is 0 Å². The minimum absolute atomic E-state index is 0.133. The Hall–Kier alpha value is -0.410. The molecule has 0 aromatic heterocycles. The van der Waals surface area contributed by atoms with Gasteiger partial charge in [-0.15, -0.1) is 0 Å². The van der Waals surface area contributed by atoms with Crippen LogP contribution in [0, 0.1) is 5.41 Å². The van der Waals surface area contributed by atoms with Crippen LogP contribution in [0.15, 0.2) is 0 Å². The van der Waals surface area contributed by atoms with Crippen LogP contribution in [0.3, 0.4) is 0 Å². The first kappa shape index (κ1) is 15.0. The van der Waals surface area contributed by atoms with Crippen LogP contribution in [0.25, 0.3) is 0 Å². The number of aldehydes is 1. The Bertz CT molecular complexity index is 288. The summed E-state index contributed by atoms with van der Waals surface area (Å²) in [6, 6.07) is 0.748. The standard InChI is InChI=1S/C16H30N2O/c1-3-8-16(2,14-19)13-17-11-7-15(12-17)18-9-5-4-6-10-18/h14-15H,3-13H2,1-2H3. The number of carbonyl (C=O) groups is 1. The largest absolute Gasteiger partial charge is 0.303 e. The van der Waals surface area contributed by atoms with Crippen LogP contribution in [0.5, 0.6) is 0 Å². The molecule has 0 radical (unpaired) electrons. The molecule has 2 fully saturated rings. The van der Waals surface area contributed by atoms with Gasteiger partial charge in [0.2, 0.25) is 0 Å². The maximum atomic E-state index is 11.4. The van der Waals surface area contributed by atoms with Gasteiger partial charge >= 0.3 is 0 Å². The highest BCUT2D eigenvalue weighted by molar-refractivity contribution is 5.59. The molecule has 2 aliphatic rings. The molecule has 2 rings (SSSR count). The first-order valence-electron chi connectivity index (χ1n) is 8.09. The Morgan fingerprint density at radius 3 is 2.58 bits per heavy atom. The summed E-state index contributed by atoms with van der Waals surface area (Å²) in [5, 5.41) is 0. The molecule has 3 heteroatoms. The number of piperidine rings is 1. The van der Waals surface area contributed by atoms with Crippen molar-refractivity contribution in [2.75, 3.05) is 32.7 Å². The van der Waals surface area contributed by atoms with E-state index < -0.39 is 0 Å². The van der Waals surface area contributed by atoms with E-state index in [0.717, 1.165) is 25.4 Å². The molecule has 2 saturated heterocycles. The maximum absolute atomic E-state index is 11.4. The molecule has 110 valence electrons. The summed E-state index contributed by atoms with van der Waals surface area (Å²) in [4.78, 5) is 16.5. The maximum Gasteiger partial charge on any atom is 0.127 e. The zero-order chi connectivity index (χ0) is 13.7. The van der Waals surface area contributed by atoms with Gasteiger partial charge in [-0.2, -0.15) is 0 Å². The molecular weight excluding hydrogens is 236 g/mol. The van der Waals surface area contributed by atoms with Crippen molar-refractivity contribution in [2.24, 2.45) is 5.41 Å². The summed E-state index contributed by atoms with van der Waals surface area (Å²) in [5.74, 6) is 0. The van der Waals surface area contributed by atoms with Crippen LogP contribution in [0.2, 0.25) is 0 Å². The van der Waals surface area contributed by atoms with Crippen molar-refractivity contribution in [2.45, 2.75) is 58.4 Å². The van der Waals surface area contributed by atoms with Crippen molar-refractivity contribution in [3.8, 4) is 0 Å². The quantitative estimate of drug-likeness (QED) is 0.690. The molecule has 2 unspecified atom stereocenters. The van der Waals surface area contributed by atoms with Gasteiger partial charge in [-0.25, -0.2) is 0 Å². The third-order valence-corrected chi connectivity index (χ3v) is 4.84. The summed E-state index contributed by atoms with van der Waals surface area (Å²) < 4.78 is 0. The Morgan fingerprint density at radius 1 is 1.21 bits per heavy atom. The summed E-state index contributed by atoms with van der Waals surface area (Å²) in [7, 11) is 0. The lowest BCUT2D eigenvalue weighted by atomic mass is 9.87. The first-order valence-corrected chi connectivity index (χ1v) is 8.09. The molecule has 0 bridgehead atoms. The van der Waals surface area contributed by atoms with Crippen LogP contribution < -0.4 is 0 Å². The van der Waals surface area contributed by atoms with E-state index >= 15 is 0 Å². The highest BCUT2D eigenvalue weighted by Gasteiger charge is 2.32. The van der Waals surface area contributed by atoms with Crippen molar-refractivity contribution >= 4 is 6.29 Å². The number of carbonyl (C=O) groups excluding carboxylic acids is 1. The van der Waals surface area contributed by atoms with Crippen molar-refractivity contribution < 1.29 is 4.79 Å². The third-order valence-electron chi connectivity index (χ3n) is 4.84. The van der Waals surface area contributed by atoms with E-state index in [1.807, 2.05) is 0 Å². The van der Waals surface area contributed by atoms with E-state index in [-0.39, 0.29) is 5.41 Å². The van der Waals surface area contributed by atoms with Crippen LogP contribution in [-0.2, 0) is 4.79 Å². The molecule has 0 amide bonds. The number of hydrogen-bond donors (Lipinski definition) is 0. The number of nitrogens with zero attached hydrogens (tertiary/aromatic N) is 2. The lowest BCUT2D eigenvalue weighted by Crippen LogP contribution is -2.42. The molecule has 2 heterocycles. The fourth-order valence-electron chi connectivity index (χ4n) is 3.79. The second-order valence-electron chi connectivity index (χ2n) is 6.80. The van der Waals surface area contributed by atoms with Gasteiger partial charge in [0.05, 0.1) is 0 Å². The van der Waals surface area contributed by atoms with E-state index in [1.54, 1.807) is 0 Å². The van der Waals surface area contributed by atoms with Crippen LogP contribution in [0.1, 0.15) is 52.4 Å². The molecular formula is C16H30N2O. The second kappa shape index (κ2) is 6.85. The van der Waals surface area contributed by atoms with Gasteiger partial charge in [-0.3, -0.25) is 4.90 Å². The zero-order valence-electron chi connectivity index (χ0n) is 12.7. The summed E-state index contributed by atoms with van der Waals surface area (Å²) >= 11 is 0. The van der Waals surface area contributed by atoms with Gasteiger partial charge in [0.25, 0.3) is 0 Å². The predicted molar refractivity (Wildman–Crippen MR) is 79.3 cm³/mol. The predicted octanol–water partition coefficient (Wildman–Crippen LogP) is 2.55. The molecule has 19 heavy (non-hydrogen) atoms. The van der Waals surface area contributed by atoms with E-state index in [9.17, 15) is 4.79 Å². The molecule has 3 nitrogen and oxygen atoms in total. The van der Waals surface area contributed by atoms with E-state index in [0.29, 0.717) is 0 Å². The van der Waals surface area contributed by atoms with E-state index in [2.05, 4.69) is 23.6 Å². The first-order chi connectivity index (χ1) is 9.17. The fourth-order valence-corrected chi connectivity index (χ4v) is 3.79. The lowest BCUT2D eigenvalue weighted by Gasteiger charge is -2.33. The van der Waals surface area contributed by atoms with Gasteiger partial charge in [0.1, 0.15) is 6.29 Å². The Kier molecular flexibility index (Phi) is 5.40. The van der Waals surface area contributed by atoms with Gasteiger partial charge in [0.15, 0.2) is 0 Å². The van der Waals surface area contributed by atoms with Crippen LogP contribution in [-0.4, -0.2) is 54.9 Å². The SMILES string of the molecule is CCCC(C)(C=O)CN1CCC(N2CCCCC2)C1. The molecule has 2 aliphatic heterocycles. The topological polar surface area (TPSA) is 23.6 Å². The number of rotatable bonds is 6. The number of likely N-dealkylation sites (tertiary alicyclic amines) is 2. The van der Waals surface area contributed by atoms with Crippen molar-refractivity contribution in [3.05, 3.63) is 0 Å². The summed E-state index contributed by atoms with van der Waals surface area (Å²) in [6.07, 6.45) is 8.75. The molecule has 0 aromatic carbocycles. The zero-order valence-corrected chi connectivity index (χ0v) is 12.7. The van der Waals surface area contributed by atoms with Crippen LogP contribution in [0.4, 0.5) is 0 Å². The third kappa shape index (κ3) is 4.03. The van der Waals surface area contributed by atoms with Gasteiger partial charge in [-0.1, -0.05) is 26.7 Å². The molecule has 0 spiro atoms. The van der Waals surface area contributed by atoms with Gasteiger partial charge < -0.3 is 9.69 Å². The molecule has 0 aliphatic carbocycles. The van der Waals surface area contributed by atoms with Crippen molar-refractivity contribution in [3.63, 3.8) is 0 Å². The summed E-state index contributed by atoms with van der Waals surface area (Å²) in [5.41, 5.74) is -0.133.